The number of ether oxygens (including phenoxy) is 2. The maximum Gasteiger partial charge on any atom is 0.419 e. The average Bonchev–Trinajstić information content (AvgIpc) is 3.16. The van der Waals surface area contributed by atoms with Crippen LogP contribution < -0.4 is 19.4 Å². The minimum absolute atomic E-state index is 0.0645. The van der Waals surface area contributed by atoms with Gasteiger partial charge < -0.3 is 14.4 Å². The monoisotopic (exact) mass is 414 g/mol. The lowest BCUT2D eigenvalue weighted by atomic mass is 10.1. The Kier molecular flexibility index (Phi) is 4.70. The van der Waals surface area contributed by atoms with Gasteiger partial charge in [-0.2, -0.15) is 13.2 Å². The zero-order chi connectivity index (χ0) is 19.9. The van der Waals surface area contributed by atoms with Crippen LogP contribution in [0.25, 0.3) is 0 Å². The number of alkyl halides is 3. The number of piperazine rings is 1. The number of H-pyrrole nitrogens is 1. The van der Waals surface area contributed by atoms with E-state index in [2.05, 4.69) is 4.98 Å². The maximum absolute atomic E-state index is 12.8. The SMILES string of the molecule is O=C(c1cc(Cl)c2c(c1)OCO2)N1CCN(c2ccc(C(F)(F)F)c[nH+]2)CC1. The second-order valence-corrected chi connectivity index (χ2v) is 6.84. The van der Waals surface area contributed by atoms with Crippen LogP contribution in [0.15, 0.2) is 30.5 Å². The lowest BCUT2D eigenvalue weighted by Gasteiger charge is -2.31. The second kappa shape index (κ2) is 7.05. The van der Waals surface area contributed by atoms with E-state index in [4.69, 9.17) is 21.1 Å². The number of carbonyl (C=O) groups excluding carboxylic acids is 1. The number of benzene rings is 1. The fraction of sp³-hybridized carbons (Fsp3) is 0.333. The molecule has 0 aliphatic carbocycles. The molecule has 148 valence electrons. The molecule has 2 aliphatic heterocycles. The van der Waals surface area contributed by atoms with Crippen LogP contribution in [0, 0.1) is 0 Å². The number of pyridine rings is 1. The van der Waals surface area contributed by atoms with Gasteiger partial charge in [-0.3, -0.25) is 9.69 Å². The number of anilines is 1. The van der Waals surface area contributed by atoms with E-state index < -0.39 is 11.7 Å². The average molecular weight is 415 g/mol. The molecule has 4 rings (SSSR count). The van der Waals surface area contributed by atoms with Gasteiger partial charge in [-0.25, -0.2) is 4.98 Å². The molecule has 0 radical (unpaired) electrons. The number of hydrogen-bond acceptors (Lipinski definition) is 4. The number of nitrogens with zero attached hydrogens (tertiary/aromatic N) is 2. The Morgan fingerprint density at radius 3 is 2.50 bits per heavy atom. The van der Waals surface area contributed by atoms with Gasteiger partial charge in [0.25, 0.3) is 11.7 Å². The molecule has 2 aromatic rings. The van der Waals surface area contributed by atoms with Crippen molar-refractivity contribution in [3.63, 3.8) is 0 Å². The molecular formula is C18H16ClF3N3O3+. The Hall–Kier alpha value is -2.68. The van der Waals surface area contributed by atoms with E-state index in [9.17, 15) is 18.0 Å². The molecule has 6 nitrogen and oxygen atoms in total. The number of carbonyl (C=O) groups is 1. The molecule has 1 N–H and O–H groups in total. The van der Waals surface area contributed by atoms with Crippen LogP contribution in [-0.4, -0.2) is 43.8 Å². The number of aromatic amines is 1. The number of fused-ring (bicyclic) bond motifs is 1. The second-order valence-electron chi connectivity index (χ2n) is 6.43. The van der Waals surface area contributed by atoms with Crippen LogP contribution in [-0.2, 0) is 6.18 Å². The smallest absolute Gasteiger partial charge is 0.419 e. The topological polar surface area (TPSA) is 56.2 Å². The van der Waals surface area contributed by atoms with Crippen LogP contribution in [0.1, 0.15) is 15.9 Å². The summed E-state index contributed by atoms with van der Waals surface area (Å²) in [4.78, 5) is 19.0. The van der Waals surface area contributed by atoms with Crippen LogP contribution in [0.4, 0.5) is 19.0 Å². The Bertz CT molecular complexity index is 897. The van der Waals surface area contributed by atoms with Crippen molar-refractivity contribution in [2.24, 2.45) is 0 Å². The zero-order valence-electron chi connectivity index (χ0n) is 14.6. The first-order valence-electron chi connectivity index (χ1n) is 8.55. The molecule has 0 saturated carbocycles. The van der Waals surface area contributed by atoms with Gasteiger partial charge in [0, 0.05) is 11.6 Å². The van der Waals surface area contributed by atoms with Gasteiger partial charge in [-0.05, 0) is 18.2 Å². The molecule has 1 amide bonds. The summed E-state index contributed by atoms with van der Waals surface area (Å²) in [6.45, 7) is 1.91. The van der Waals surface area contributed by atoms with Gasteiger partial charge in [0.15, 0.2) is 11.5 Å². The normalized spacial score (nSPS) is 16.4. The third kappa shape index (κ3) is 3.54. The summed E-state index contributed by atoms with van der Waals surface area (Å²) >= 11 is 6.14. The third-order valence-corrected chi connectivity index (χ3v) is 4.99. The van der Waals surface area contributed by atoms with E-state index in [-0.39, 0.29) is 12.7 Å². The summed E-state index contributed by atoms with van der Waals surface area (Å²) in [5.41, 5.74) is -0.325. The molecule has 3 heterocycles. The summed E-state index contributed by atoms with van der Waals surface area (Å²) < 4.78 is 48.5. The van der Waals surface area contributed by atoms with Crippen molar-refractivity contribution in [3.05, 3.63) is 46.6 Å². The van der Waals surface area contributed by atoms with Gasteiger partial charge in [0.1, 0.15) is 19.3 Å². The first-order chi connectivity index (χ1) is 13.3. The predicted molar refractivity (Wildman–Crippen MR) is 93.7 cm³/mol. The molecule has 1 aromatic heterocycles. The van der Waals surface area contributed by atoms with E-state index in [0.717, 1.165) is 12.3 Å². The largest absolute Gasteiger partial charge is 0.454 e. The maximum atomic E-state index is 12.8. The van der Waals surface area contributed by atoms with Gasteiger partial charge >= 0.3 is 6.18 Å². The molecule has 10 heteroatoms. The Labute approximate surface area is 163 Å². The minimum Gasteiger partial charge on any atom is -0.454 e. The van der Waals surface area contributed by atoms with Crippen molar-refractivity contribution in [2.45, 2.75) is 6.18 Å². The number of aromatic nitrogens is 1. The lowest BCUT2D eigenvalue weighted by molar-refractivity contribution is -0.367. The van der Waals surface area contributed by atoms with Gasteiger partial charge in [0.2, 0.25) is 6.79 Å². The molecular weight excluding hydrogens is 399 g/mol. The zero-order valence-corrected chi connectivity index (χ0v) is 15.3. The fourth-order valence-corrected chi connectivity index (χ4v) is 3.48. The molecule has 1 saturated heterocycles. The van der Waals surface area contributed by atoms with Crippen molar-refractivity contribution in [1.82, 2.24) is 4.90 Å². The first-order valence-corrected chi connectivity index (χ1v) is 8.93. The van der Waals surface area contributed by atoms with Crippen LogP contribution in [0.2, 0.25) is 5.02 Å². The quantitative estimate of drug-likeness (QED) is 0.758. The highest BCUT2D eigenvalue weighted by atomic mass is 35.5. The van der Waals surface area contributed by atoms with Crippen LogP contribution in [0.5, 0.6) is 11.5 Å². The molecule has 0 unspecified atom stereocenters. The van der Waals surface area contributed by atoms with Crippen LogP contribution >= 0.6 is 11.6 Å². The summed E-state index contributed by atoms with van der Waals surface area (Å²) in [5.74, 6) is 1.26. The summed E-state index contributed by atoms with van der Waals surface area (Å²) in [6.07, 6.45) is -3.44. The van der Waals surface area contributed by atoms with E-state index in [0.29, 0.717) is 54.1 Å². The standard InChI is InChI=1S/C18H15ClF3N3O3/c19-13-7-11(8-14-16(13)28-10-27-14)17(26)25-5-3-24(4-6-25)15-2-1-12(9-23-15)18(20,21)22/h1-2,7-9H,3-6,10H2/p+1. The fourth-order valence-electron chi connectivity index (χ4n) is 3.21. The molecule has 0 atom stereocenters. The van der Waals surface area contributed by atoms with Crippen molar-refractivity contribution >= 4 is 23.3 Å². The van der Waals surface area contributed by atoms with E-state index in [1.54, 1.807) is 17.0 Å². The molecule has 1 aromatic carbocycles. The Morgan fingerprint density at radius 1 is 1.11 bits per heavy atom. The lowest BCUT2D eigenvalue weighted by Crippen LogP contribution is -2.50. The summed E-state index contributed by atoms with van der Waals surface area (Å²) in [6, 6.07) is 5.59. The highest BCUT2D eigenvalue weighted by Gasteiger charge is 2.33. The van der Waals surface area contributed by atoms with Crippen molar-refractivity contribution in [1.29, 1.82) is 0 Å². The molecule has 0 spiro atoms. The Balaban J connectivity index is 1.41. The molecule has 28 heavy (non-hydrogen) atoms. The number of hydrogen-bond donors (Lipinski definition) is 0. The highest BCUT2D eigenvalue weighted by Crippen LogP contribution is 2.40. The number of amides is 1. The number of rotatable bonds is 2. The van der Waals surface area contributed by atoms with Gasteiger partial charge in [-0.15, -0.1) is 0 Å². The van der Waals surface area contributed by atoms with Crippen molar-refractivity contribution < 1.29 is 32.4 Å². The van der Waals surface area contributed by atoms with E-state index in [1.807, 2.05) is 4.90 Å². The van der Waals surface area contributed by atoms with Crippen LogP contribution in [0.3, 0.4) is 0 Å². The number of nitrogens with one attached hydrogen (secondary N) is 1. The van der Waals surface area contributed by atoms with Gasteiger partial charge in [-0.1, -0.05) is 11.6 Å². The first kappa shape index (κ1) is 18.7. The summed E-state index contributed by atoms with van der Waals surface area (Å²) in [7, 11) is 0. The summed E-state index contributed by atoms with van der Waals surface area (Å²) in [5, 5.41) is 0.316. The highest BCUT2D eigenvalue weighted by molar-refractivity contribution is 6.32. The molecule has 2 aliphatic rings. The van der Waals surface area contributed by atoms with Gasteiger partial charge in [0.05, 0.1) is 23.7 Å². The number of halogens is 4. The third-order valence-electron chi connectivity index (χ3n) is 4.71. The predicted octanol–water partition coefficient (Wildman–Crippen LogP) is 2.86. The van der Waals surface area contributed by atoms with E-state index in [1.165, 1.54) is 6.07 Å². The Morgan fingerprint density at radius 2 is 1.86 bits per heavy atom. The van der Waals surface area contributed by atoms with Crippen molar-refractivity contribution in [2.75, 3.05) is 37.9 Å². The van der Waals surface area contributed by atoms with E-state index >= 15 is 0 Å². The molecule has 0 bridgehead atoms. The van der Waals surface area contributed by atoms with Crippen molar-refractivity contribution in [3.8, 4) is 11.5 Å². The molecule has 1 fully saturated rings. The minimum atomic E-state index is -4.38.